The zero-order chi connectivity index (χ0) is 19.2. The topological polar surface area (TPSA) is 89.4 Å². The van der Waals surface area contributed by atoms with Gasteiger partial charge in [-0.2, -0.15) is 0 Å². The molecule has 0 saturated heterocycles. The minimum Gasteiger partial charge on any atom is -0.495 e. The summed E-state index contributed by atoms with van der Waals surface area (Å²) in [5.74, 6) is -0.291. The maximum atomic E-state index is 12.4. The molecule has 0 unspecified atom stereocenters. The molecule has 0 saturated carbocycles. The number of methoxy groups -OCH3 is 1. The van der Waals surface area contributed by atoms with Gasteiger partial charge in [-0.3, -0.25) is 14.4 Å². The summed E-state index contributed by atoms with van der Waals surface area (Å²) >= 11 is 0. The number of nitrogens with one attached hydrogen (secondary N) is 2. The number of carbonyl (C=O) groups excluding carboxylic acids is 2. The van der Waals surface area contributed by atoms with Crippen molar-refractivity contribution in [2.24, 2.45) is 0 Å². The molecule has 0 radical (unpaired) electrons. The van der Waals surface area contributed by atoms with E-state index >= 15 is 0 Å². The Balaban J connectivity index is 1.59. The maximum Gasteiger partial charge on any atom is 0.258 e. The summed E-state index contributed by atoms with van der Waals surface area (Å²) in [4.78, 5) is 36.5. The van der Waals surface area contributed by atoms with Crippen molar-refractivity contribution in [1.82, 2.24) is 9.88 Å². The van der Waals surface area contributed by atoms with Crippen LogP contribution in [-0.4, -0.2) is 30.0 Å². The molecule has 138 valence electrons. The Labute approximate surface area is 155 Å². The van der Waals surface area contributed by atoms with E-state index in [1.165, 1.54) is 11.7 Å². The lowest BCUT2D eigenvalue weighted by atomic mass is 10.2. The van der Waals surface area contributed by atoms with Crippen molar-refractivity contribution < 1.29 is 14.3 Å². The highest BCUT2D eigenvalue weighted by molar-refractivity contribution is 5.95. The Morgan fingerprint density at radius 2 is 1.74 bits per heavy atom. The normalized spacial score (nSPS) is 10.4. The molecule has 27 heavy (non-hydrogen) atoms. The van der Waals surface area contributed by atoms with Gasteiger partial charge in [-0.05, 0) is 29.7 Å². The van der Waals surface area contributed by atoms with Crippen LogP contribution >= 0.6 is 0 Å². The highest BCUT2D eigenvalue weighted by Crippen LogP contribution is 2.22. The van der Waals surface area contributed by atoms with Crippen LogP contribution in [0.25, 0.3) is 10.8 Å². The molecular formula is C20H19N3O4. The van der Waals surface area contributed by atoms with Gasteiger partial charge in [-0.25, -0.2) is 0 Å². The van der Waals surface area contributed by atoms with Crippen molar-refractivity contribution in [2.45, 2.75) is 6.54 Å². The fourth-order valence-electron chi connectivity index (χ4n) is 2.69. The first-order valence-electron chi connectivity index (χ1n) is 8.36. The van der Waals surface area contributed by atoms with Gasteiger partial charge in [0.05, 0.1) is 19.3 Å². The lowest BCUT2D eigenvalue weighted by Gasteiger charge is -2.11. The van der Waals surface area contributed by atoms with Gasteiger partial charge in [0.2, 0.25) is 11.8 Å². The number of anilines is 1. The minimum absolute atomic E-state index is 0.161. The quantitative estimate of drug-likeness (QED) is 0.697. The molecule has 2 N–H and O–H groups in total. The molecule has 7 heteroatoms. The van der Waals surface area contributed by atoms with Crippen LogP contribution in [0.4, 0.5) is 5.69 Å². The van der Waals surface area contributed by atoms with Crippen molar-refractivity contribution in [1.29, 1.82) is 0 Å². The number of ether oxygens (including phenoxy) is 1. The molecule has 0 atom stereocenters. The van der Waals surface area contributed by atoms with Crippen LogP contribution in [0.15, 0.2) is 65.6 Å². The summed E-state index contributed by atoms with van der Waals surface area (Å²) in [5, 5.41) is 6.54. The van der Waals surface area contributed by atoms with Crippen molar-refractivity contribution >= 4 is 28.3 Å². The SMILES string of the molecule is COc1ccccc1NC(=O)CNC(=O)Cn1ccc2ccccc2c1=O. The minimum atomic E-state index is -0.428. The van der Waals surface area contributed by atoms with Crippen LogP contribution in [0.1, 0.15) is 0 Å². The number of hydrogen-bond acceptors (Lipinski definition) is 4. The van der Waals surface area contributed by atoms with Gasteiger partial charge in [-0.1, -0.05) is 30.3 Å². The molecule has 1 aromatic heterocycles. The van der Waals surface area contributed by atoms with E-state index in [-0.39, 0.29) is 18.6 Å². The lowest BCUT2D eigenvalue weighted by Crippen LogP contribution is -2.37. The standard InChI is InChI=1S/C20H19N3O4/c1-27-17-9-5-4-8-16(17)22-18(24)12-21-19(25)13-23-11-10-14-6-2-3-7-15(14)20(23)26/h2-11H,12-13H2,1H3,(H,21,25)(H,22,24). The van der Waals surface area contributed by atoms with Gasteiger partial charge in [0.25, 0.3) is 5.56 Å². The number of pyridine rings is 1. The Bertz CT molecular complexity index is 1040. The van der Waals surface area contributed by atoms with E-state index in [2.05, 4.69) is 10.6 Å². The van der Waals surface area contributed by atoms with E-state index in [9.17, 15) is 14.4 Å². The zero-order valence-corrected chi connectivity index (χ0v) is 14.8. The predicted octanol–water partition coefficient (Wildman–Crippen LogP) is 1.76. The van der Waals surface area contributed by atoms with E-state index in [0.29, 0.717) is 16.8 Å². The molecule has 7 nitrogen and oxygen atoms in total. The van der Waals surface area contributed by atoms with Gasteiger partial charge in [0, 0.05) is 11.6 Å². The second kappa shape index (κ2) is 8.18. The van der Waals surface area contributed by atoms with Crippen LogP contribution < -0.4 is 20.9 Å². The van der Waals surface area contributed by atoms with Gasteiger partial charge < -0.3 is 19.9 Å². The number of rotatable bonds is 6. The Hall–Kier alpha value is -3.61. The maximum absolute atomic E-state index is 12.4. The largest absolute Gasteiger partial charge is 0.495 e. The molecule has 2 aromatic carbocycles. The Kier molecular flexibility index (Phi) is 5.51. The van der Waals surface area contributed by atoms with Crippen molar-refractivity contribution in [3.8, 4) is 5.75 Å². The molecule has 0 fully saturated rings. The second-order valence-electron chi connectivity index (χ2n) is 5.86. The molecule has 0 aliphatic heterocycles. The summed E-state index contributed by atoms with van der Waals surface area (Å²) in [7, 11) is 1.51. The first kappa shape index (κ1) is 18.2. The Morgan fingerprint density at radius 1 is 1.00 bits per heavy atom. The summed E-state index contributed by atoms with van der Waals surface area (Å²) in [6.45, 7) is -0.370. The average molecular weight is 365 g/mol. The lowest BCUT2D eigenvalue weighted by molar-refractivity contribution is -0.124. The van der Waals surface area contributed by atoms with E-state index in [1.807, 2.05) is 12.1 Å². The van der Waals surface area contributed by atoms with E-state index < -0.39 is 11.8 Å². The molecule has 0 aliphatic carbocycles. The monoisotopic (exact) mass is 365 g/mol. The van der Waals surface area contributed by atoms with Gasteiger partial charge >= 0.3 is 0 Å². The number of amides is 2. The number of hydrogen-bond donors (Lipinski definition) is 2. The van der Waals surface area contributed by atoms with Gasteiger partial charge in [0.15, 0.2) is 0 Å². The fourth-order valence-corrected chi connectivity index (χ4v) is 2.69. The molecule has 1 heterocycles. The fraction of sp³-hybridized carbons (Fsp3) is 0.150. The number of aromatic nitrogens is 1. The molecule has 0 bridgehead atoms. The molecular weight excluding hydrogens is 346 g/mol. The van der Waals surface area contributed by atoms with E-state index in [4.69, 9.17) is 4.74 Å². The molecule has 3 aromatic rings. The van der Waals surface area contributed by atoms with Crippen LogP contribution in [0, 0.1) is 0 Å². The number of benzene rings is 2. The third-order valence-corrected chi connectivity index (χ3v) is 4.03. The number of carbonyl (C=O) groups is 2. The summed E-state index contributed by atoms with van der Waals surface area (Å²) < 4.78 is 6.47. The van der Waals surface area contributed by atoms with Gasteiger partial charge in [-0.15, -0.1) is 0 Å². The highest BCUT2D eigenvalue weighted by atomic mass is 16.5. The van der Waals surface area contributed by atoms with Crippen molar-refractivity contribution in [3.63, 3.8) is 0 Å². The van der Waals surface area contributed by atoms with Crippen LogP contribution in [0.3, 0.4) is 0 Å². The number of fused-ring (bicyclic) bond motifs is 1. The highest BCUT2D eigenvalue weighted by Gasteiger charge is 2.10. The Morgan fingerprint density at radius 3 is 2.56 bits per heavy atom. The van der Waals surface area contributed by atoms with Gasteiger partial charge in [0.1, 0.15) is 12.3 Å². The van der Waals surface area contributed by atoms with E-state index in [0.717, 1.165) is 5.39 Å². The molecule has 0 aliphatic rings. The van der Waals surface area contributed by atoms with Crippen molar-refractivity contribution in [3.05, 3.63) is 71.1 Å². The van der Waals surface area contributed by atoms with Crippen molar-refractivity contribution in [2.75, 3.05) is 19.0 Å². The molecule has 2 amide bonds. The first-order chi connectivity index (χ1) is 13.1. The number of para-hydroxylation sites is 2. The second-order valence-corrected chi connectivity index (χ2v) is 5.86. The third kappa shape index (κ3) is 4.33. The third-order valence-electron chi connectivity index (χ3n) is 4.03. The van der Waals surface area contributed by atoms with Crippen LogP contribution in [0.2, 0.25) is 0 Å². The average Bonchev–Trinajstić information content (AvgIpc) is 2.69. The summed E-state index contributed by atoms with van der Waals surface area (Å²) in [6.07, 6.45) is 1.57. The zero-order valence-electron chi connectivity index (χ0n) is 14.8. The molecule has 0 spiro atoms. The number of nitrogens with zero attached hydrogens (tertiary/aromatic N) is 1. The smallest absolute Gasteiger partial charge is 0.258 e. The van der Waals surface area contributed by atoms with Crippen LogP contribution in [0.5, 0.6) is 5.75 Å². The van der Waals surface area contributed by atoms with Crippen LogP contribution in [-0.2, 0) is 16.1 Å². The summed E-state index contributed by atoms with van der Waals surface area (Å²) in [5.41, 5.74) is 0.270. The van der Waals surface area contributed by atoms with E-state index in [1.54, 1.807) is 48.7 Å². The summed E-state index contributed by atoms with van der Waals surface area (Å²) in [6, 6.07) is 15.9. The predicted molar refractivity (Wildman–Crippen MR) is 103 cm³/mol. The molecule has 3 rings (SSSR count). The first-order valence-corrected chi connectivity index (χ1v) is 8.36.